The molecule has 0 rings (SSSR count). The summed E-state index contributed by atoms with van der Waals surface area (Å²) in [7, 11) is 1.35. The molecule has 0 heterocycles. The number of nitrogens with one attached hydrogen (secondary N) is 1. The summed E-state index contributed by atoms with van der Waals surface area (Å²) in [6.45, 7) is 5.84. The lowest BCUT2D eigenvalue weighted by molar-refractivity contribution is -0.145. The first-order chi connectivity index (χ1) is 8.54. The zero-order valence-corrected chi connectivity index (χ0v) is 12.1. The van der Waals surface area contributed by atoms with Gasteiger partial charge in [0.05, 0.1) is 7.11 Å². The number of amides is 1. The van der Waals surface area contributed by atoms with Crippen molar-refractivity contribution in [1.82, 2.24) is 5.32 Å². The van der Waals surface area contributed by atoms with Crippen molar-refractivity contribution in [3.8, 4) is 0 Å². The average Bonchev–Trinajstić information content (AvgIpc) is 2.36. The zero-order chi connectivity index (χ0) is 14.0. The van der Waals surface area contributed by atoms with Crippen molar-refractivity contribution >= 4 is 11.9 Å². The Balaban J connectivity index is 3.96. The molecule has 1 amide bonds. The summed E-state index contributed by atoms with van der Waals surface area (Å²) < 4.78 is 4.68. The molecular weight excluding hydrogens is 230 g/mol. The molecule has 106 valence electrons. The minimum absolute atomic E-state index is 0.189. The minimum Gasteiger partial charge on any atom is -0.467 e. The van der Waals surface area contributed by atoms with Crippen molar-refractivity contribution < 1.29 is 14.3 Å². The van der Waals surface area contributed by atoms with E-state index in [1.54, 1.807) is 0 Å². The maximum atomic E-state index is 11.5. The van der Waals surface area contributed by atoms with Gasteiger partial charge in [0.2, 0.25) is 5.91 Å². The summed E-state index contributed by atoms with van der Waals surface area (Å²) in [6, 6.07) is -0.491. The van der Waals surface area contributed by atoms with Gasteiger partial charge in [0.25, 0.3) is 0 Å². The summed E-state index contributed by atoms with van der Waals surface area (Å²) in [6.07, 6.45) is 6.31. The lowest BCUT2D eigenvalue weighted by Gasteiger charge is -2.16. The Hall–Kier alpha value is -1.06. The molecule has 0 aliphatic carbocycles. The lowest BCUT2D eigenvalue weighted by atomic mass is 9.95. The zero-order valence-electron chi connectivity index (χ0n) is 12.1. The number of ether oxygens (including phenoxy) is 1. The van der Waals surface area contributed by atoms with E-state index in [-0.39, 0.29) is 11.9 Å². The van der Waals surface area contributed by atoms with Crippen molar-refractivity contribution in [1.29, 1.82) is 0 Å². The molecule has 0 saturated heterocycles. The number of esters is 1. The molecule has 0 unspecified atom stereocenters. The van der Waals surface area contributed by atoms with Crippen LogP contribution >= 0.6 is 0 Å². The summed E-state index contributed by atoms with van der Waals surface area (Å²) in [5, 5.41) is 2.63. The topological polar surface area (TPSA) is 55.4 Å². The van der Waals surface area contributed by atoms with Crippen molar-refractivity contribution in [2.45, 2.75) is 65.3 Å². The number of carbonyl (C=O) groups is 2. The van der Waals surface area contributed by atoms with Crippen LogP contribution in [0.3, 0.4) is 0 Å². The highest BCUT2D eigenvalue weighted by Crippen LogP contribution is 2.17. The molecule has 4 heteroatoms. The average molecular weight is 257 g/mol. The van der Waals surface area contributed by atoms with Gasteiger partial charge in [0.15, 0.2) is 0 Å². The third-order valence-electron chi connectivity index (χ3n) is 3.37. The van der Waals surface area contributed by atoms with Gasteiger partial charge >= 0.3 is 5.97 Å². The molecule has 4 nitrogen and oxygen atoms in total. The standard InChI is InChI=1S/C14H27NO3/c1-5-12(6-2)9-7-8-10-13(14(17)18-4)15-11(3)16/h12-13H,5-10H2,1-4H3,(H,15,16)/t13-/m0/s1. The van der Waals surface area contributed by atoms with E-state index in [1.165, 1.54) is 33.3 Å². The second-order valence-corrected chi connectivity index (χ2v) is 4.74. The van der Waals surface area contributed by atoms with Crippen LogP contribution in [0.1, 0.15) is 59.3 Å². The summed E-state index contributed by atoms with van der Waals surface area (Å²) >= 11 is 0. The van der Waals surface area contributed by atoms with Crippen molar-refractivity contribution in [2.24, 2.45) is 5.92 Å². The van der Waals surface area contributed by atoms with Crippen LogP contribution in [0.15, 0.2) is 0 Å². The number of hydrogen-bond acceptors (Lipinski definition) is 3. The normalized spacial score (nSPS) is 12.3. The summed E-state index contributed by atoms with van der Waals surface area (Å²) in [5.41, 5.74) is 0. The molecule has 0 aromatic heterocycles. The van der Waals surface area contributed by atoms with Crippen LogP contribution in [-0.4, -0.2) is 25.0 Å². The molecule has 0 radical (unpaired) electrons. The van der Waals surface area contributed by atoms with Crippen LogP contribution in [0.25, 0.3) is 0 Å². The molecule has 0 aliphatic rings. The van der Waals surface area contributed by atoms with E-state index in [2.05, 4.69) is 23.9 Å². The highest BCUT2D eigenvalue weighted by atomic mass is 16.5. The lowest BCUT2D eigenvalue weighted by Crippen LogP contribution is -2.40. The van der Waals surface area contributed by atoms with E-state index >= 15 is 0 Å². The quantitative estimate of drug-likeness (QED) is 0.510. The Morgan fingerprint density at radius 3 is 2.11 bits per heavy atom. The molecule has 0 aliphatic heterocycles. The molecular formula is C14H27NO3. The van der Waals surface area contributed by atoms with Gasteiger partial charge in [0.1, 0.15) is 6.04 Å². The number of methoxy groups -OCH3 is 1. The van der Waals surface area contributed by atoms with Gasteiger partial charge in [-0.15, -0.1) is 0 Å². The SMILES string of the molecule is CCC(CC)CCCC[C@H](NC(C)=O)C(=O)OC. The van der Waals surface area contributed by atoms with Gasteiger partial charge in [-0.05, 0) is 12.3 Å². The monoisotopic (exact) mass is 257 g/mol. The van der Waals surface area contributed by atoms with Crippen molar-refractivity contribution in [2.75, 3.05) is 7.11 Å². The van der Waals surface area contributed by atoms with Crippen molar-refractivity contribution in [3.63, 3.8) is 0 Å². The summed E-state index contributed by atoms with van der Waals surface area (Å²) in [5.74, 6) is 0.237. The van der Waals surface area contributed by atoms with E-state index in [1.807, 2.05) is 0 Å². The maximum absolute atomic E-state index is 11.5. The second kappa shape index (κ2) is 9.92. The molecule has 18 heavy (non-hydrogen) atoms. The Morgan fingerprint density at radius 1 is 1.11 bits per heavy atom. The van der Waals surface area contributed by atoms with Crippen LogP contribution in [-0.2, 0) is 14.3 Å². The number of unbranched alkanes of at least 4 members (excludes halogenated alkanes) is 1. The van der Waals surface area contributed by atoms with Gasteiger partial charge in [-0.25, -0.2) is 4.79 Å². The Bertz CT molecular complexity index is 249. The predicted molar refractivity (Wildman–Crippen MR) is 72.2 cm³/mol. The third-order valence-corrected chi connectivity index (χ3v) is 3.37. The predicted octanol–water partition coefficient (Wildman–Crippen LogP) is 2.66. The van der Waals surface area contributed by atoms with Crippen LogP contribution in [0, 0.1) is 5.92 Å². The van der Waals surface area contributed by atoms with Crippen LogP contribution in [0.5, 0.6) is 0 Å². The number of rotatable bonds is 9. The molecule has 0 saturated carbocycles. The molecule has 1 atom stereocenters. The minimum atomic E-state index is -0.491. The number of carbonyl (C=O) groups excluding carboxylic acids is 2. The fourth-order valence-corrected chi connectivity index (χ4v) is 2.11. The fraction of sp³-hybridized carbons (Fsp3) is 0.857. The summed E-state index contributed by atoms with van der Waals surface area (Å²) in [4.78, 5) is 22.4. The fourth-order valence-electron chi connectivity index (χ4n) is 2.11. The first kappa shape index (κ1) is 16.9. The van der Waals surface area contributed by atoms with E-state index in [4.69, 9.17) is 0 Å². The molecule has 0 aromatic rings. The highest BCUT2D eigenvalue weighted by molar-refractivity contribution is 5.83. The van der Waals surface area contributed by atoms with Gasteiger partial charge in [-0.3, -0.25) is 4.79 Å². The second-order valence-electron chi connectivity index (χ2n) is 4.74. The first-order valence-corrected chi connectivity index (χ1v) is 6.90. The van der Waals surface area contributed by atoms with E-state index in [0.717, 1.165) is 18.8 Å². The van der Waals surface area contributed by atoms with E-state index < -0.39 is 6.04 Å². The smallest absolute Gasteiger partial charge is 0.328 e. The number of hydrogen-bond donors (Lipinski definition) is 1. The van der Waals surface area contributed by atoms with Crippen LogP contribution < -0.4 is 5.32 Å². The Kier molecular flexibility index (Phi) is 9.33. The molecule has 0 aromatic carbocycles. The maximum Gasteiger partial charge on any atom is 0.328 e. The molecule has 0 spiro atoms. The van der Waals surface area contributed by atoms with Crippen molar-refractivity contribution in [3.05, 3.63) is 0 Å². The third kappa shape index (κ3) is 7.30. The van der Waals surface area contributed by atoms with E-state index in [9.17, 15) is 9.59 Å². The highest BCUT2D eigenvalue weighted by Gasteiger charge is 2.19. The Morgan fingerprint density at radius 2 is 1.67 bits per heavy atom. The van der Waals surface area contributed by atoms with Crippen LogP contribution in [0.2, 0.25) is 0 Å². The molecule has 0 bridgehead atoms. The Labute approximate surface area is 110 Å². The van der Waals surface area contributed by atoms with Gasteiger partial charge in [-0.1, -0.05) is 46.0 Å². The van der Waals surface area contributed by atoms with Gasteiger partial charge in [-0.2, -0.15) is 0 Å². The molecule has 0 fully saturated rings. The largest absolute Gasteiger partial charge is 0.467 e. The first-order valence-electron chi connectivity index (χ1n) is 6.90. The van der Waals surface area contributed by atoms with Gasteiger partial charge < -0.3 is 10.1 Å². The van der Waals surface area contributed by atoms with Crippen LogP contribution in [0.4, 0.5) is 0 Å². The van der Waals surface area contributed by atoms with Gasteiger partial charge in [0, 0.05) is 6.92 Å². The molecule has 1 N–H and O–H groups in total. The van der Waals surface area contributed by atoms with E-state index in [0.29, 0.717) is 6.42 Å².